The molecule has 0 aliphatic carbocycles. The van der Waals surface area contributed by atoms with Crippen molar-refractivity contribution in [3.8, 4) is 0 Å². The van der Waals surface area contributed by atoms with E-state index in [0.29, 0.717) is 26.2 Å². The van der Waals surface area contributed by atoms with Crippen LogP contribution in [0, 0.1) is 12.8 Å². The van der Waals surface area contributed by atoms with Gasteiger partial charge in [-0.3, -0.25) is 14.3 Å². The van der Waals surface area contributed by atoms with Crippen molar-refractivity contribution < 1.29 is 9.59 Å². The summed E-state index contributed by atoms with van der Waals surface area (Å²) in [5, 5.41) is 4.29. The van der Waals surface area contributed by atoms with Gasteiger partial charge < -0.3 is 9.80 Å². The van der Waals surface area contributed by atoms with E-state index in [-0.39, 0.29) is 17.7 Å². The maximum atomic E-state index is 12.4. The van der Waals surface area contributed by atoms with Crippen LogP contribution in [0.5, 0.6) is 0 Å². The van der Waals surface area contributed by atoms with Gasteiger partial charge in [-0.15, -0.1) is 0 Å². The molecular weight excluding hydrogens is 256 g/mol. The van der Waals surface area contributed by atoms with E-state index in [2.05, 4.69) is 11.7 Å². The van der Waals surface area contributed by atoms with Gasteiger partial charge in [-0.2, -0.15) is 5.10 Å². The molecule has 6 heteroatoms. The Labute approximate surface area is 117 Å². The van der Waals surface area contributed by atoms with E-state index in [1.807, 2.05) is 22.7 Å². The minimum Gasteiger partial charge on any atom is -0.337 e. The zero-order valence-electron chi connectivity index (χ0n) is 11.6. The van der Waals surface area contributed by atoms with Crippen LogP contribution in [0.2, 0.25) is 0 Å². The minimum atomic E-state index is -0.0957. The lowest BCUT2D eigenvalue weighted by Gasteiger charge is -2.41. The average molecular weight is 274 g/mol. The molecular formula is C14H18N4O2. The highest BCUT2D eigenvalue weighted by molar-refractivity contribution is 5.90. The van der Waals surface area contributed by atoms with E-state index in [0.717, 1.165) is 17.8 Å². The topological polar surface area (TPSA) is 58.4 Å². The number of carbonyl (C=O) groups excluding carboxylic acids is 2. The van der Waals surface area contributed by atoms with Crippen molar-refractivity contribution in [3.63, 3.8) is 0 Å². The van der Waals surface area contributed by atoms with Gasteiger partial charge in [-0.25, -0.2) is 0 Å². The zero-order valence-corrected chi connectivity index (χ0v) is 11.6. The van der Waals surface area contributed by atoms with Crippen molar-refractivity contribution in [2.75, 3.05) is 19.6 Å². The molecule has 1 fully saturated rings. The van der Waals surface area contributed by atoms with Crippen molar-refractivity contribution >= 4 is 11.8 Å². The molecule has 2 amide bonds. The summed E-state index contributed by atoms with van der Waals surface area (Å²) in [7, 11) is 0. The predicted molar refractivity (Wildman–Crippen MR) is 72.6 cm³/mol. The van der Waals surface area contributed by atoms with Gasteiger partial charge in [-0.1, -0.05) is 6.58 Å². The lowest BCUT2D eigenvalue weighted by molar-refractivity contribution is -0.147. The van der Waals surface area contributed by atoms with Crippen molar-refractivity contribution in [1.29, 1.82) is 0 Å². The third-order valence-corrected chi connectivity index (χ3v) is 4.11. The van der Waals surface area contributed by atoms with Gasteiger partial charge in [0, 0.05) is 19.6 Å². The highest BCUT2D eigenvalue weighted by Crippen LogP contribution is 2.22. The second-order valence-corrected chi connectivity index (χ2v) is 5.40. The summed E-state index contributed by atoms with van der Waals surface area (Å²) in [4.78, 5) is 27.3. The number of nitrogens with zero attached hydrogens (tertiary/aromatic N) is 4. The number of amides is 2. The van der Waals surface area contributed by atoms with Crippen LogP contribution in [0.4, 0.5) is 0 Å². The van der Waals surface area contributed by atoms with E-state index < -0.39 is 0 Å². The number of fused-ring (bicyclic) bond motifs is 1. The molecule has 0 radical (unpaired) electrons. The Hall–Kier alpha value is -2.11. The van der Waals surface area contributed by atoms with Crippen LogP contribution in [-0.4, -0.2) is 51.0 Å². The van der Waals surface area contributed by atoms with Crippen LogP contribution in [0.1, 0.15) is 11.3 Å². The van der Waals surface area contributed by atoms with Gasteiger partial charge in [0.05, 0.1) is 30.9 Å². The third kappa shape index (κ3) is 2.01. The molecule has 0 N–H and O–H groups in total. The summed E-state index contributed by atoms with van der Waals surface area (Å²) in [6, 6.07) is 0. The molecule has 0 aromatic carbocycles. The molecule has 1 aromatic heterocycles. The first-order chi connectivity index (χ1) is 9.60. The third-order valence-electron chi connectivity index (χ3n) is 4.11. The molecule has 6 nitrogen and oxygen atoms in total. The summed E-state index contributed by atoms with van der Waals surface area (Å²) < 4.78 is 1.97. The molecule has 1 saturated heterocycles. The maximum absolute atomic E-state index is 12.4. The second-order valence-electron chi connectivity index (χ2n) is 5.40. The Morgan fingerprint density at radius 1 is 1.35 bits per heavy atom. The van der Waals surface area contributed by atoms with E-state index in [9.17, 15) is 9.59 Å². The Bertz CT molecular complexity index is 572. The fraction of sp³-hybridized carbons (Fsp3) is 0.500. The summed E-state index contributed by atoms with van der Waals surface area (Å²) in [5.74, 6) is -0.0137. The molecule has 2 aliphatic heterocycles. The zero-order chi connectivity index (χ0) is 14.3. The van der Waals surface area contributed by atoms with Crippen LogP contribution < -0.4 is 0 Å². The largest absolute Gasteiger partial charge is 0.337 e. The summed E-state index contributed by atoms with van der Waals surface area (Å²) >= 11 is 0. The first-order valence-electron chi connectivity index (χ1n) is 6.81. The van der Waals surface area contributed by atoms with Gasteiger partial charge in [0.25, 0.3) is 0 Å². The van der Waals surface area contributed by atoms with Gasteiger partial charge in [0.2, 0.25) is 11.8 Å². The minimum absolute atomic E-state index is 0.0614. The first-order valence-corrected chi connectivity index (χ1v) is 6.81. The van der Waals surface area contributed by atoms with Gasteiger partial charge in [0.1, 0.15) is 0 Å². The van der Waals surface area contributed by atoms with Crippen LogP contribution in [-0.2, 0) is 22.7 Å². The lowest BCUT2D eigenvalue weighted by Crippen LogP contribution is -2.56. The van der Waals surface area contributed by atoms with E-state index in [4.69, 9.17) is 0 Å². The molecule has 1 aromatic rings. The van der Waals surface area contributed by atoms with Crippen molar-refractivity contribution in [3.05, 3.63) is 30.1 Å². The Balaban J connectivity index is 1.62. The van der Waals surface area contributed by atoms with Crippen molar-refractivity contribution in [1.82, 2.24) is 19.6 Å². The molecule has 0 unspecified atom stereocenters. The summed E-state index contributed by atoms with van der Waals surface area (Å²) in [5.41, 5.74) is 2.24. The number of carbonyl (C=O) groups is 2. The van der Waals surface area contributed by atoms with E-state index in [1.54, 1.807) is 4.90 Å². The second kappa shape index (κ2) is 4.77. The van der Waals surface area contributed by atoms with Crippen molar-refractivity contribution in [2.24, 2.45) is 5.92 Å². The SMILES string of the molecule is C=CC(=O)N1CC(C(=O)N2CCn3ncc(C)c3C2)C1. The molecule has 106 valence electrons. The van der Waals surface area contributed by atoms with Crippen LogP contribution in [0.3, 0.4) is 0 Å². The number of likely N-dealkylation sites (tertiary alicyclic amines) is 1. The molecule has 0 bridgehead atoms. The maximum Gasteiger partial charge on any atom is 0.246 e. The number of hydrogen-bond acceptors (Lipinski definition) is 3. The highest BCUT2D eigenvalue weighted by atomic mass is 16.2. The molecule has 0 saturated carbocycles. The standard InChI is InChI=1S/C14H18N4O2/c1-3-13(19)17-7-11(8-17)14(20)16-4-5-18-12(9-16)10(2)6-15-18/h3,6,11H,1,4-5,7-9H2,2H3. The monoisotopic (exact) mass is 274 g/mol. The van der Waals surface area contributed by atoms with E-state index in [1.165, 1.54) is 6.08 Å². The van der Waals surface area contributed by atoms with Gasteiger partial charge >= 0.3 is 0 Å². The highest BCUT2D eigenvalue weighted by Gasteiger charge is 2.38. The quantitative estimate of drug-likeness (QED) is 0.723. The smallest absolute Gasteiger partial charge is 0.246 e. The van der Waals surface area contributed by atoms with Gasteiger partial charge in [-0.05, 0) is 18.6 Å². The normalized spacial score (nSPS) is 18.4. The van der Waals surface area contributed by atoms with Crippen LogP contribution in [0.25, 0.3) is 0 Å². The summed E-state index contributed by atoms with van der Waals surface area (Å²) in [6.07, 6.45) is 3.14. The number of aromatic nitrogens is 2. The predicted octanol–water partition coefficient (Wildman–Crippen LogP) is 0.178. The van der Waals surface area contributed by atoms with Gasteiger partial charge in [0.15, 0.2) is 0 Å². The Morgan fingerprint density at radius 3 is 2.80 bits per heavy atom. The van der Waals surface area contributed by atoms with Crippen molar-refractivity contribution in [2.45, 2.75) is 20.0 Å². The molecule has 20 heavy (non-hydrogen) atoms. The number of aryl methyl sites for hydroxylation is 1. The molecule has 0 atom stereocenters. The fourth-order valence-electron chi connectivity index (χ4n) is 2.77. The van der Waals surface area contributed by atoms with Crippen LogP contribution in [0.15, 0.2) is 18.9 Å². The van der Waals surface area contributed by atoms with Crippen LogP contribution >= 0.6 is 0 Å². The molecule has 2 aliphatic rings. The average Bonchev–Trinajstić information content (AvgIpc) is 2.78. The Morgan fingerprint density at radius 2 is 2.10 bits per heavy atom. The first kappa shape index (κ1) is 12.9. The molecule has 3 rings (SSSR count). The lowest BCUT2D eigenvalue weighted by atomic mass is 9.97. The van der Waals surface area contributed by atoms with E-state index >= 15 is 0 Å². The Kier molecular flexibility index (Phi) is 3.08. The number of rotatable bonds is 2. The molecule has 3 heterocycles. The molecule has 0 spiro atoms. The summed E-state index contributed by atoms with van der Waals surface area (Å²) in [6.45, 7) is 8.56. The number of hydrogen-bond donors (Lipinski definition) is 0. The fourth-order valence-corrected chi connectivity index (χ4v) is 2.77.